The standard InChI is InChI=1S/C14H10ClFN2O/c15-12-6-3-10-8-18(14(19)13(10)17-12)7-9-1-4-11(16)5-2-9/h1-6H,7-8H2. The molecule has 0 fully saturated rings. The number of nitrogens with zero attached hydrogens (tertiary/aromatic N) is 2. The van der Waals surface area contributed by atoms with Crippen molar-refractivity contribution in [2.75, 3.05) is 0 Å². The van der Waals surface area contributed by atoms with Crippen molar-refractivity contribution in [3.05, 3.63) is 64.2 Å². The van der Waals surface area contributed by atoms with E-state index in [2.05, 4.69) is 4.98 Å². The Labute approximate surface area is 114 Å². The molecule has 0 N–H and O–H groups in total. The SMILES string of the molecule is O=C1c2nc(Cl)ccc2CN1Cc1ccc(F)cc1. The maximum absolute atomic E-state index is 12.8. The molecule has 1 aliphatic rings. The predicted octanol–water partition coefficient (Wildman–Crippen LogP) is 3.03. The van der Waals surface area contributed by atoms with Crippen LogP contribution < -0.4 is 0 Å². The van der Waals surface area contributed by atoms with Crippen molar-refractivity contribution in [1.29, 1.82) is 0 Å². The summed E-state index contributed by atoms with van der Waals surface area (Å²) in [7, 11) is 0. The van der Waals surface area contributed by atoms with Gasteiger partial charge in [0.2, 0.25) is 0 Å². The van der Waals surface area contributed by atoms with Crippen molar-refractivity contribution < 1.29 is 9.18 Å². The zero-order valence-corrected chi connectivity index (χ0v) is 10.7. The average Bonchev–Trinajstić information content (AvgIpc) is 2.70. The molecule has 5 heteroatoms. The topological polar surface area (TPSA) is 33.2 Å². The first-order chi connectivity index (χ1) is 9.13. The second kappa shape index (κ2) is 4.63. The summed E-state index contributed by atoms with van der Waals surface area (Å²) in [6, 6.07) is 9.61. The van der Waals surface area contributed by atoms with E-state index in [1.165, 1.54) is 12.1 Å². The summed E-state index contributed by atoms with van der Waals surface area (Å²) >= 11 is 5.79. The summed E-state index contributed by atoms with van der Waals surface area (Å²) in [5.41, 5.74) is 2.17. The summed E-state index contributed by atoms with van der Waals surface area (Å²) in [5, 5.41) is 0.315. The lowest BCUT2D eigenvalue weighted by Gasteiger charge is -2.15. The zero-order valence-electron chi connectivity index (χ0n) is 9.94. The summed E-state index contributed by atoms with van der Waals surface area (Å²) < 4.78 is 12.8. The number of aromatic nitrogens is 1. The van der Waals surface area contributed by atoms with Crippen LogP contribution >= 0.6 is 11.6 Å². The lowest BCUT2D eigenvalue weighted by Crippen LogP contribution is -2.23. The van der Waals surface area contributed by atoms with Crippen molar-refractivity contribution in [1.82, 2.24) is 9.88 Å². The van der Waals surface area contributed by atoms with Crippen LogP contribution in [-0.2, 0) is 13.1 Å². The minimum atomic E-state index is -0.284. The molecule has 0 bridgehead atoms. The van der Waals surface area contributed by atoms with Gasteiger partial charge in [0.15, 0.2) is 0 Å². The van der Waals surface area contributed by atoms with E-state index in [0.717, 1.165) is 11.1 Å². The molecule has 0 saturated heterocycles. The van der Waals surface area contributed by atoms with Crippen LogP contribution in [-0.4, -0.2) is 15.8 Å². The molecule has 1 aliphatic heterocycles. The van der Waals surface area contributed by atoms with Gasteiger partial charge in [0.05, 0.1) is 0 Å². The van der Waals surface area contributed by atoms with Crippen molar-refractivity contribution in [2.45, 2.75) is 13.1 Å². The normalized spacial score (nSPS) is 13.8. The highest BCUT2D eigenvalue weighted by Gasteiger charge is 2.28. The third-order valence-electron chi connectivity index (χ3n) is 3.08. The molecule has 19 heavy (non-hydrogen) atoms. The highest BCUT2D eigenvalue weighted by molar-refractivity contribution is 6.29. The number of amides is 1. The Balaban J connectivity index is 1.82. The maximum atomic E-state index is 12.8. The number of hydrogen-bond donors (Lipinski definition) is 0. The molecule has 3 nitrogen and oxygen atoms in total. The van der Waals surface area contributed by atoms with E-state index in [1.54, 1.807) is 23.1 Å². The van der Waals surface area contributed by atoms with E-state index in [1.807, 2.05) is 6.07 Å². The Kier molecular flexibility index (Phi) is 2.95. The average molecular weight is 277 g/mol. The van der Waals surface area contributed by atoms with Gasteiger partial charge in [-0.25, -0.2) is 9.37 Å². The second-order valence-corrected chi connectivity index (χ2v) is 4.82. The summed E-state index contributed by atoms with van der Waals surface area (Å²) in [6.45, 7) is 0.947. The number of pyridine rings is 1. The summed E-state index contributed by atoms with van der Waals surface area (Å²) in [6.07, 6.45) is 0. The van der Waals surface area contributed by atoms with Gasteiger partial charge in [-0.3, -0.25) is 4.79 Å². The second-order valence-electron chi connectivity index (χ2n) is 4.43. The van der Waals surface area contributed by atoms with Crippen molar-refractivity contribution in [3.8, 4) is 0 Å². The molecule has 1 aromatic heterocycles. The van der Waals surface area contributed by atoms with Gasteiger partial charge in [0.25, 0.3) is 5.91 Å². The number of halogens is 2. The number of fused-ring (bicyclic) bond motifs is 1. The summed E-state index contributed by atoms with van der Waals surface area (Å²) in [5.74, 6) is -0.421. The van der Waals surface area contributed by atoms with Crippen LogP contribution in [0.3, 0.4) is 0 Å². The fraction of sp³-hybridized carbons (Fsp3) is 0.143. The first-order valence-corrected chi connectivity index (χ1v) is 6.20. The minimum absolute atomic E-state index is 0.137. The van der Waals surface area contributed by atoms with Gasteiger partial charge in [-0.1, -0.05) is 29.8 Å². The first-order valence-electron chi connectivity index (χ1n) is 5.82. The third-order valence-corrected chi connectivity index (χ3v) is 3.29. The number of hydrogen-bond acceptors (Lipinski definition) is 2. The number of benzene rings is 1. The molecule has 0 atom stereocenters. The highest BCUT2D eigenvalue weighted by Crippen LogP contribution is 2.24. The Morgan fingerprint density at radius 3 is 2.68 bits per heavy atom. The Morgan fingerprint density at radius 1 is 1.21 bits per heavy atom. The molecule has 2 aromatic rings. The largest absolute Gasteiger partial charge is 0.329 e. The lowest BCUT2D eigenvalue weighted by molar-refractivity contribution is 0.0762. The first kappa shape index (κ1) is 12.1. The van der Waals surface area contributed by atoms with E-state index < -0.39 is 0 Å². The Hall–Kier alpha value is -1.94. The van der Waals surface area contributed by atoms with E-state index >= 15 is 0 Å². The van der Waals surface area contributed by atoms with E-state index in [9.17, 15) is 9.18 Å². The smallest absolute Gasteiger partial charge is 0.273 e. The molecule has 2 heterocycles. The molecular formula is C14H10ClFN2O. The fourth-order valence-corrected chi connectivity index (χ4v) is 2.29. The number of rotatable bonds is 2. The molecule has 1 amide bonds. The van der Waals surface area contributed by atoms with Gasteiger partial charge in [-0.15, -0.1) is 0 Å². The molecule has 0 aliphatic carbocycles. The molecule has 0 unspecified atom stereocenters. The van der Waals surface area contributed by atoms with Gasteiger partial charge in [0.1, 0.15) is 16.7 Å². The molecule has 1 aromatic carbocycles. The molecule has 96 valence electrons. The van der Waals surface area contributed by atoms with E-state index in [4.69, 9.17) is 11.6 Å². The minimum Gasteiger partial charge on any atom is -0.329 e. The molecule has 0 spiro atoms. The van der Waals surface area contributed by atoms with Gasteiger partial charge in [-0.05, 0) is 23.8 Å². The van der Waals surface area contributed by atoms with Crippen molar-refractivity contribution in [3.63, 3.8) is 0 Å². The van der Waals surface area contributed by atoms with E-state index in [-0.39, 0.29) is 11.7 Å². The van der Waals surface area contributed by atoms with Crippen LogP contribution in [0.2, 0.25) is 5.15 Å². The zero-order chi connectivity index (χ0) is 13.4. The van der Waals surface area contributed by atoms with E-state index in [0.29, 0.717) is 23.9 Å². The summed E-state index contributed by atoms with van der Waals surface area (Å²) in [4.78, 5) is 17.9. The molecule has 3 rings (SSSR count). The van der Waals surface area contributed by atoms with Crippen LogP contribution in [0.15, 0.2) is 36.4 Å². The highest BCUT2D eigenvalue weighted by atomic mass is 35.5. The molecular weight excluding hydrogens is 267 g/mol. The van der Waals surface area contributed by atoms with Gasteiger partial charge < -0.3 is 4.90 Å². The Bertz CT molecular complexity index is 642. The Morgan fingerprint density at radius 2 is 1.95 bits per heavy atom. The van der Waals surface area contributed by atoms with Crippen LogP contribution in [0.25, 0.3) is 0 Å². The van der Waals surface area contributed by atoms with Crippen LogP contribution in [0, 0.1) is 5.82 Å². The van der Waals surface area contributed by atoms with Crippen LogP contribution in [0.4, 0.5) is 4.39 Å². The number of carbonyl (C=O) groups is 1. The third kappa shape index (κ3) is 2.31. The monoisotopic (exact) mass is 276 g/mol. The van der Waals surface area contributed by atoms with Gasteiger partial charge >= 0.3 is 0 Å². The van der Waals surface area contributed by atoms with Gasteiger partial charge in [0, 0.05) is 18.7 Å². The van der Waals surface area contributed by atoms with Crippen LogP contribution in [0.5, 0.6) is 0 Å². The molecule has 0 radical (unpaired) electrons. The lowest BCUT2D eigenvalue weighted by atomic mass is 10.2. The predicted molar refractivity (Wildman–Crippen MR) is 69.2 cm³/mol. The van der Waals surface area contributed by atoms with Crippen LogP contribution in [0.1, 0.15) is 21.6 Å². The van der Waals surface area contributed by atoms with Gasteiger partial charge in [-0.2, -0.15) is 0 Å². The fourth-order valence-electron chi connectivity index (χ4n) is 2.14. The maximum Gasteiger partial charge on any atom is 0.273 e. The van der Waals surface area contributed by atoms with Crippen molar-refractivity contribution in [2.24, 2.45) is 0 Å². The number of carbonyl (C=O) groups excluding carboxylic acids is 1. The molecule has 0 saturated carbocycles. The van der Waals surface area contributed by atoms with Crippen molar-refractivity contribution >= 4 is 17.5 Å². The quantitative estimate of drug-likeness (QED) is 0.790.